The number of rotatable bonds is 9. The minimum atomic E-state index is -0.920. The second kappa shape index (κ2) is 12.2. The van der Waals surface area contributed by atoms with Crippen LogP contribution in [0.5, 0.6) is 5.75 Å². The Balaban J connectivity index is 1.68. The minimum Gasteiger partial charge on any atom is -0.447 e. The molecule has 0 unspecified atom stereocenters. The van der Waals surface area contributed by atoms with Crippen molar-refractivity contribution >= 4 is 12.1 Å². The summed E-state index contributed by atoms with van der Waals surface area (Å²) in [5.41, 5.74) is -0.419. The Morgan fingerprint density at radius 2 is 1.83 bits per heavy atom. The monoisotopic (exact) mass is 488 g/mol. The van der Waals surface area contributed by atoms with E-state index < -0.39 is 11.7 Å². The number of nitrogens with zero attached hydrogens (tertiary/aromatic N) is 1. The third-order valence-corrected chi connectivity index (χ3v) is 7.57. The first-order chi connectivity index (χ1) is 16.6. The molecule has 0 radical (unpaired) electrons. The van der Waals surface area contributed by atoms with Gasteiger partial charge in [0.15, 0.2) is 0 Å². The zero-order valence-electron chi connectivity index (χ0n) is 22.0. The van der Waals surface area contributed by atoms with Crippen LogP contribution in [0.4, 0.5) is 4.79 Å². The van der Waals surface area contributed by atoms with Crippen LogP contribution in [0.15, 0.2) is 24.3 Å². The smallest absolute Gasteiger partial charge is 0.407 e. The van der Waals surface area contributed by atoms with Crippen LogP contribution < -0.4 is 10.1 Å². The van der Waals surface area contributed by atoms with Crippen molar-refractivity contribution in [1.82, 2.24) is 10.2 Å². The summed E-state index contributed by atoms with van der Waals surface area (Å²) < 4.78 is 11.0. The SMILES string of the molecule is CC(C)OC(=O)NCC1(CC(=O)Oc2cccc([C@]3(O)CCCC[C@H]3CN(C)C)c2)CCCCC1. The molecular formula is C28H44N2O5. The van der Waals surface area contributed by atoms with Gasteiger partial charge in [-0.3, -0.25) is 4.79 Å². The maximum absolute atomic E-state index is 13.1. The third-order valence-electron chi connectivity index (χ3n) is 7.57. The highest BCUT2D eigenvalue weighted by Gasteiger charge is 2.41. The molecule has 1 amide bonds. The van der Waals surface area contributed by atoms with Crippen molar-refractivity contribution in [3.63, 3.8) is 0 Å². The van der Waals surface area contributed by atoms with Crippen molar-refractivity contribution in [3.05, 3.63) is 29.8 Å². The van der Waals surface area contributed by atoms with Gasteiger partial charge in [-0.1, -0.05) is 44.2 Å². The van der Waals surface area contributed by atoms with Gasteiger partial charge in [0.2, 0.25) is 0 Å². The van der Waals surface area contributed by atoms with Gasteiger partial charge in [0.1, 0.15) is 5.75 Å². The molecule has 2 fully saturated rings. The molecule has 7 nitrogen and oxygen atoms in total. The summed E-state index contributed by atoms with van der Waals surface area (Å²) in [6.45, 7) is 4.84. The van der Waals surface area contributed by atoms with Crippen molar-refractivity contribution in [2.24, 2.45) is 11.3 Å². The number of ether oxygens (including phenoxy) is 2. The molecule has 2 atom stereocenters. The molecule has 0 saturated heterocycles. The van der Waals surface area contributed by atoms with Crippen molar-refractivity contribution in [2.45, 2.75) is 89.8 Å². The van der Waals surface area contributed by atoms with Crippen LogP contribution in [-0.4, -0.2) is 55.4 Å². The van der Waals surface area contributed by atoms with Crippen LogP contribution in [0.2, 0.25) is 0 Å². The number of alkyl carbamates (subject to hydrolysis) is 1. The standard InChI is InChI=1S/C28H44N2O5/c1-21(2)34-26(32)29-20-27(14-7-5-8-15-27)18-25(31)35-24-13-10-12-22(17-24)28(33)16-9-6-11-23(28)19-30(3)4/h10,12-13,17,21,23,33H,5-9,11,14-16,18-20H2,1-4H3,(H,29,32)/t23-,28+/m0/s1. The van der Waals surface area contributed by atoms with E-state index in [2.05, 4.69) is 10.2 Å². The molecule has 196 valence electrons. The van der Waals surface area contributed by atoms with Gasteiger partial charge >= 0.3 is 12.1 Å². The van der Waals surface area contributed by atoms with Gasteiger partial charge in [-0.05, 0) is 76.7 Å². The van der Waals surface area contributed by atoms with Gasteiger partial charge < -0.3 is 24.8 Å². The normalized spacial score (nSPS) is 24.3. The molecule has 0 heterocycles. The van der Waals surface area contributed by atoms with E-state index in [1.165, 1.54) is 0 Å². The van der Waals surface area contributed by atoms with E-state index in [-0.39, 0.29) is 29.8 Å². The molecule has 2 N–H and O–H groups in total. The Kier molecular flexibility index (Phi) is 9.59. The maximum Gasteiger partial charge on any atom is 0.407 e. The topological polar surface area (TPSA) is 88.1 Å². The first-order valence-corrected chi connectivity index (χ1v) is 13.2. The Bertz CT molecular complexity index is 850. The van der Waals surface area contributed by atoms with Gasteiger partial charge in [-0.25, -0.2) is 4.79 Å². The van der Waals surface area contributed by atoms with Gasteiger partial charge in [0, 0.05) is 19.0 Å². The van der Waals surface area contributed by atoms with Gasteiger partial charge in [-0.2, -0.15) is 0 Å². The molecule has 1 aromatic carbocycles. The number of esters is 1. The number of hydrogen-bond donors (Lipinski definition) is 2. The fraction of sp³-hybridized carbons (Fsp3) is 0.714. The molecule has 0 aliphatic heterocycles. The predicted octanol–water partition coefficient (Wildman–Crippen LogP) is 5.01. The summed E-state index contributed by atoms with van der Waals surface area (Å²) in [7, 11) is 4.07. The summed E-state index contributed by atoms with van der Waals surface area (Å²) in [5.74, 6) is 0.302. The zero-order valence-corrected chi connectivity index (χ0v) is 22.0. The fourth-order valence-electron chi connectivity index (χ4n) is 5.83. The van der Waals surface area contributed by atoms with Crippen molar-refractivity contribution in [3.8, 4) is 5.75 Å². The number of amides is 1. The van der Waals surface area contributed by atoms with Gasteiger partial charge in [-0.15, -0.1) is 0 Å². The summed E-state index contributed by atoms with van der Waals surface area (Å²) in [5, 5.41) is 14.5. The number of hydrogen-bond acceptors (Lipinski definition) is 6. The van der Waals surface area contributed by atoms with Crippen molar-refractivity contribution in [1.29, 1.82) is 0 Å². The Morgan fingerprint density at radius 1 is 1.11 bits per heavy atom. The van der Waals surface area contributed by atoms with Crippen LogP contribution in [0.25, 0.3) is 0 Å². The molecule has 0 spiro atoms. The first-order valence-electron chi connectivity index (χ1n) is 13.2. The van der Waals surface area contributed by atoms with Crippen LogP contribution in [-0.2, 0) is 15.1 Å². The third kappa shape index (κ3) is 7.68. The van der Waals surface area contributed by atoms with Gasteiger partial charge in [0.05, 0.1) is 18.1 Å². The summed E-state index contributed by atoms with van der Waals surface area (Å²) in [6.07, 6.45) is 8.35. The van der Waals surface area contributed by atoms with Gasteiger partial charge in [0.25, 0.3) is 0 Å². The summed E-state index contributed by atoms with van der Waals surface area (Å²) in [4.78, 5) is 27.2. The van der Waals surface area contributed by atoms with Crippen LogP contribution in [0.3, 0.4) is 0 Å². The number of nitrogens with one attached hydrogen (secondary N) is 1. The number of carbonyl (C=O) groups excluding carboxylic acids is 2. The second-order valence-electron chi connectivity index (χ2n) is 11.2. The highest BCUT2D eigenvalue weighted by molar-refractivity contribution is 5.73. The highest BCUT2D eigenvalue weighted by atomic mass is 16.6. The summed E-state index contributed by atoms with van der Waals surface area (Å²) in [6, 6.07) is 7.41. The molecule has 0 aromatic heterocycles. The lowest BCUT2D eigenvalue weighted by Gasteiger charge is -2.41. The summed E-state index contributed by atoms with van der Waals surface area (Å²) >= 11 is 0. The van der Waals surface area contributed by atoms with Crippen LogP contribution in [0, 0.1) is 11.3 Å². The number of aliphatic hydroxyl groups is 1. The number of benzene rings is 1. The Morgan fingerprint density at radius 3 is 2.51 bits per heavy atom. The predicted molar refractivity (Wildman–Crippen MR) is 136 cm³/mol. The highest BCUT2D eigenvalue weighted by Crippen LogP contribution is 2.43. The lowest BCUT2D eigenvalue weighted by molar-refractivity contribution is -0.137. The Labute approximate surface area is 210 Å². The van der Waals surface area contributed by atoms with E-state index in [4.69, 9.17) is 9.47 Å². The van der Waals surface area contributed by atoms with E-state index in [0.717, 1.165) is 63.5 Å². The molecule has 0 bridgehead atoms. The first kappa shape index (κ1) is 27.5. The van der Waals surface area contributed by atoms with E-state index in [0.29, 0.717) is 18.7 Å². The van der Waals surface area contributed by atoms with Crippen molar-refractivity contribution in [2.75, 3.05) is 27.2 Å². The molecule has 2 aliphatic rings. The quantitative estimate of drug-likeness (QED) is 0.375. The van der Waals surface area contributed by atoms with Crippen LogP contribution in [0.1, 0.15) is 83.6 Å². The van der Waals surface area contributed by atoms with Crippen molar-refractivity contribution < 1.29 is 24.2 Å². The lowest BCUT2D eigenvalue weighted by Crippen LogP contribution is -2.43. The molecule has 2 aliphatic carbocycles. The maximum atomic E-state index is 13.1. The molecular weight excluding hydrogens is 444 g/mol. The minimum absolute atomic E-state index is 0.138. The van der Waals surface area contributed by atoms with E-state index >= 15 is 0 Å². The lowest BCUT2D eigenvalue weighted by atomic mass is 9.71. The average molecular weight is 489 g/mol. The molecule has 7 heteroatoms. The second-order valence-corrected chi connectivity index (χ2v) is 11.2. The Hall–Kier alpha value is -2.12. The zero-order chi connectivity index (χ0) is 25.5. The molecule has 35 heavy (non-hydrogen) atoms. The molecule has 2 saturated carbocycles. The molecule has 1 aromatic rings. The van der Waals surface area contributed by atoms with E-state index in [1.807, 2.05) is 46.1 Å². The fourth-order valence-corrected chi connectivity index (χ4v) is 5.83. The average Bonchev–Trinajstić information content (AvgIpc) is 2.79. The molecule has 3 rings (SSSR count). The number of carbonyl (C=O) groups is 2. The van der Waals surface area contributed by atoms with E-state index in [9.17, 15) is 14.7 Å². The van der Waals surface area contributed by atoms with E-state index in [1.54, 1.807) is 6.07 Å². The van der Waals surface area contributed by atoms with Crippen LogP contribution >= 0.6 is 0 Å². The largest absolute Gasteiger partial charge is 0.447 e.